The van der Waals surface area contributed by atoms with Crippen LogP contribution in [0.5, 0.6) is 0 Å². The molecule has 2 unspecified atom stereocenters. The third-order valence-corrected chi connectivity index (χ3v) is 4.69. The number of aliphatic hydroxyl groups excluding tert-OH is 1. The van der Waals surface area contributed by atoms with Gasteiger partial charge in [0.15, 0.2) is 0 Å². The Morgan fingerprint density at radius 3 is 2.29 bits per heavy atom. The van der Waals surface area contributed by atoms with E-state index in [1.807, 2.05) is 20.8 Å². The number of nitrogens with one attached hydrogen (secondary N) is 1. The van der Waals surface area contributed by atoms with Crippen LogP contribution in [0.3, 0.4) is 0 Å². The van der Waals surface area contributed by atoms with Gasteiger partial charge in [0, 0.05) is 38.4 Å². The number of hydrogen-bond donors (Lipinski definition) is 2. The fourth-order valence-corrected chi connectivity index (χ4v) is 2.77. The molecule has 0 radical (unpaired) electrons. The summed E-state index contributed by atoms with van der Waals surface area (Å²) in [6.45, 7) is 9.19. The summed E-state index contributed by atoms with van der Waals surface area (Å²) in [6.07, 6.45) is -0.517. The minimum absolute atomic E-state index is 0.0510. The lowest BCUT2D eigenvalue weighted by Gasteiger charge is -2.38. The lowest BCUT2D eigenvalue weighted by Crippen LogP contribution is -2.54. The number of anilines is 1. The van der Waals surface area contributed by atoms with Crippen molar-refractivity contribution >= 4 is 11.6 Å². The van der Waals surface area contributed by atoms with Crippen LogP contribution in [0.25, 0.3) is 0 Å². The largest absolute Gasteiger partial charge is 0.391 e. The van der Waals surface area contributed by atoms with Gasteiger partial charge >= 0.3 is 0 Å². The molecular weight excluding hydrogens is 309 g/mol. The number of carbonyl (C=O) groups is 1. The Morgan fingerprint density at radius 2 is 1.75 bits per heavy atom. The maximum atomic E-state index is 13.0. The molecule has 2 N–H and O–H groups in total. The first-order valence-corrected chi connectivity index (χ1v) is 8.59. The lowest BCUT2D eigenvalue weighted by atomic mass is 10.1. The van der Waals surface area contributed by atoms with E-state index in [0.717, 1.165) is 31.9 Å². The Morgan fingerprint density at radius 1 is 1.17 bits per heavy atom. The zero-order chi connectivity index (χ0) is 17.7. The molecule has 1 saturated heterocycles. The van der Waals surface area contributed by atoms with Gasteiger partial charge in [-0.3, -0.25) is 9.69 Å². The van der Waals surface area contributed by atoms with E-state index in [1.54, 1.807) is 12.1 Å². The van der Waals surface area contributed by atoms with Gasteiger partial charge in [0.1, 0.15) is 5.82 Å². The molecule has 1 heterocycles. The van der Waals surface area contributed by atoms with Gasteiger partial charge in [-0.2, -0.15) is 0 Å². The van der Waals surface area contributed by atoms with Crippen molar-refractivity contribution in [1.29, 1.82) is 0 Å². The maximum absolute atomic E-state index is 13.0. The van der Waals surface area contributed by atoms with E-state index < -0.39 is 6.10 Å². The van der Waals surface area contributed by atoms with Crippen molar-refractivity contribution in [3.8, 4) is 0 Å². The first-order valence-electron chi connectivity index (χ1n) is 8.59. The molecule has 2 atom stereocenters. The van der Waals surface area contributed by atoms with E-state index in [1.165, 1.54) is 12.1 Å². The van der Waals surface area contributed by atoms with Gasteiger partial charge < -0.3 is 15.3 Å². The molecule has 1 aliphatic rings. The molecule has 6 heteroatoms. The number of halogens is 1. The highest BCUT2D eigenvalue weighted by Gasteiger charge is 2.26. The zero-order valence-electron chi connectivity index (χ0n) is 14.7. The Labute approximate surface area is 143 Å². The highest BCUT2D eigenvalue weighted by Crippen LogP contribution is 2.17. The third-order valence-electron chi connectivity index (χ3n) is 4.69. The van der Waals surface area contributed by atoms with Crippen LogP contribution in [0.2, 0.25) is 0 Å². The van der Waals surface area contributed by atoms with Crippen molar-refractivity contribution in [2.45, 2.75) is 32.9 Å². The van der Waals surface area contributed by atoms with E-state index in [0.29, 0.717) is 0 Å². The molecule has 1 aliphatic heterocycles. The number of nitrogens with zero attached hydrogens (tertiary/aromatic N) is 2. The summed E-state index contributed by atoms with van der Waals surface area (Å²) >= 11 is 0. The van der Waals surface area contributed by atoms with Gasteiger partial charge in [-0.15, -0.1) is 0 Å². The molecule has 5 nitrogen and oxygen atoms in total. The zero-order valence-corrected chi connectivity index (χ0v) is 14.7. The van der Waals surface area contributed by atoms with Crippen LogP contribution in [0.4, 0.5) is 10.1 Å². The molecule has 1 aromatic rings. The summed E-state index contributed by atoms with van der Waals surface area (Å²) in [5, 5.41) is 12.6. The summed E-state index contributed by atoms with van der Waals surface area (Å²) < 4.78 is 13.0. The van der Waals surface area contributed by atoms with Crippen molar-refractivity contribution in [3.63, 3.8) is 0 Å². The highest BCUT2D eigenvalue weighted by molar-refractivity contribution is 5.81. The highest BCUT2D eigenvalue weighted by atomic mass is 19.1. The second-order valence-corrected chi connectivity index (χ2v) is 6.73. The number of aliphatic hydroxyl groups is 1. The molecule has 0 saturated carbocycles. The molecule has 0 bridgehead atoms. The maximum Gasteiger partial charge on any atom is 0.237 e. The second kappa shape index (κ2) is 8.44. The number of hydrogen-bond acceptors (Lipinski definition) is 4. The van der Waals surface area contributed by atoms with Gasteiger partial charge in [-0.05, 0) is 37.1 Å². The predicted octanol–water partition coefficient (Wildman–Crippen LogP) is 1.47. The van der Waals surface area contributed by atoms with Crippen LogP contribution in [-0.4, -0.2) is 60.8 Å². The Hall–Kier alpha value is -1.66. The van der Waals surface area contributed by atoms with Crippen LogP contribution >= 0.6 is 0 Å². The first kappa shape index (κ1) is 18.7. The Balaban J connectivity index is 1.80. The molecule has 1 amide bonds. The molecule has 1 aromatic carbocycles. The standard InChI is InChI=1S/C18H28FN3O2/c1-13(2)17(23)12-20-18(24)14(3)21-8-10-22(11-9-21)16-6-4-15(19)5-7-16/h4-7,13-14,17,23H,8-12H2,1-3H3,(H,20,24). The summed E-state index contributed by atoms with van der Waals surface area (Å²) in [6, 6.07) is 6.29. The molecule has 2 rings (SSSR count). The van der Waals surface area contributed by atoms with E-state index in [9.17, 15) is 14.3 Å². The average Bonchev–Trinajstić information content (AvgIpc) is 2.59. The monoisotopic (exact) mass is 337 g/mol. The fraction of sp³-hybridized carbons (Fsp3) is 0.611. The minimum Gasteiger partial charge on any atom is -0.391 e. The number of piperazine rings is 1. The number of benzene rings is 1. The molecule has 134 valence electrons. The third kappa shape index (κ3) is 4.92. The summed E-state index contributed by atoms with van der Waals surface area (Å²) in [7, 11) is 0. The number of carbonyl (C=O) groups excluding carboxylic acids is 1. The van der Waals surface area contributed by atoms with Crippen molar-refractivity contribution in [3.05, 3.63) is 30.1 Å². The van der Waals surface area contributed by atoms with Gasteiger partial charge in [-0.25, -0.2) is 4.39 Å². The molecule has 24 heavy (non-hydrogen) atoms. The molecule has 0 spiro atoms. The molecule has 1 fully saturated rings. The van der Waals surface area contributed by atoms with Crippen molar-refractivity contribution < 1.29 is 14.3 Å². The fourth-order valence-electron chi connectivity index (χ4n) is 2.77. The van der Waals surface area contributed by atoms with Crippen LogP contribution in [-0.2, 0) is 4.79 Å². The minimum atomic E-state index is -0.517. The predicted molar refractivity (Wildman–Crippen MR) is 93.5 cm³/mol. The first-order chi connectivity index (χ1) is 11.4. The van der Waals surface area contributed by atoms with E-state index in [4.69, 9.17) is 0 Å². The average molecular weight is 337 g/mol. The summed E-state index contributed by atoms with van der Waals surface area (Å²) in [4.78, 5) is 16.6. The molecular formula is C18H28FN3O2. The molecule has 0 aromatic heterocycles. The van der Waals surface area contributed by atoms with Gasteiger partial charge in [0.25, 0.3) is 0 Å². The van der Waals surface area contributed by atoms with Crippen molar-refractivity contribution in [2.24, 2.45) is 5.92 Å². The van der Waals surface area contributed by atoms with Crippen molar-refractivity contribution in [1.82, 2.24) is 10.2 Å². The SMILES string of the molecule is CC(C)C(O)CNC(=O)C(C)N1CCN(c2ccc(F)cc2)CC1. The van der Waals surface area contributed by atoms with E-state index in [2.05, 4.69) is 15.1 Å². The van der Waals surface area contributed by atoms with E-state index >= 15 is 0 Å². The van der Waals surface area contributed by atoms with Crippen LogP contribution < -0.4 is 10.2 Å². The summed E-state index contributed by atoms with van der Waals surface area (Å²) in [5.74, 6) is -0.156. The number of rotatable bonds is 6. The quantitative estimate of drug-likeness (QED) is 0.825. The lowest BCUT2D eigenvalue weighted by molar-refractivity contribution is -0.126. The van der Waals surface area contributed by atoms with Crippen LogP contribution in [0.1, 0.15) is 20.8 Å². The van der Waals surface area contributed by atoms with Gasteiger partial charge in [-0.1, -0.05) is 13.8 Å². The van der Waals surface area contributed by atoms with Gasteiger partial charge in [0.2, 0.25) is 5.91 Å². The Kier molecular flexibility index (Phi) is 6.57. The van der Waals surface area contributed by atoms with Crippen LogP contribution in [0, 0.1) is 11.7 Å². The Bertz CT molecular complexity index is 528. The second-order valence-electron chi connectivity index (χ2n) is 6.73. The molecule has 0 aliphatic carbocycles. The van der Waals surface area contributed by atoms with E-state index in [-0.39, 0.29) is 30.2 Å². The van der Waals surface area contributed by atoms with Crippen molar-refractivity contribution in [2.75, 3.05) is 37.6 Å². The van der Waals surface area contributed by atoms with Crippen LogP contribution in [0.15, 0.2) is 24.3 Å². The number of amides is 1. The van der Waals surface area contributed by atoms with Gasteiger partial charge in [0.05, 0.1) is 12.1 Å². The normalized spacial score (nSPS) is 18.5. The smallest absolute Gasteiger partial charge is 0.237 e. The summed E-state index contributed by atoms with van der Waals surface area (Å²) in [5.41, 5.74) is 1.01. The topological polar surface area (TPSA) is 55.8 Å².